The quantitative estimate of drug-likeness (QED) is 0.865. The average Bonchev–Trinajstić information content (AvgIpc) is 2.98. The molecule has 2 saturated heterocycles. The van der Waals surface area contributed by atoms with Gasteiger partial charge in [0, 0.05) is 50.7 Å². The van der Waals surface area contributed by atoms with E-state index in [2.05, 4.69) is 35.9 Å². The van der Waals surface area contributed by atoms with Crippen molar-refractivity contribution < 1.29 is 9.21 Å². The van der Waals surface area contributed by atoms with Gasteiger partial charge in [-0.25, -0.2) is 0 Å². The molecule has 0 spiro atoms. The molecule has 5 heteroatoms. The van der Waals surface area contributed by atoms with Crippen LogP contribution < -0.4 is 0 Å². The fraction of sp³-hybridized carbons (Fsp3) is 0.526. The van der Waals surface area contributed by atoms with E-state index in [0.29, 0.717) is 11.6 Å². The Morgan fingerprint density at radius 1 is 1.21 bits per heavy atom. The molecule has 1 aromatic heterocycles. The number of carbonyl (C=O) groups is 1. The summed E-state index contributed by atoms with van der Waals surface area (Å²) in [7, 11) is 2.17. The van der Waals surface area contributed by atoms with Crippen LogP contribution in [0, 0.1) is 0 Å². The Morgan fingerprint density at radius 3 is 2.67 bits per heavy atom. The largest absolute Gasteiger partial charge is 0.463 e. The summed E-state index contributed by atoms with van der Waals surface area (Å²) in [6.07, 6.45) is 2.58. The van der Waals surface area contributed by atoms with E-state index in [0.717, 1.165) is 56.7 Å². The Kier molecular flexibility index (Phi) is 4.06. The van der Waals surface area contributed by atoms with Crippen molar-refractivity contribution in [3.63, 3.8) is 0 Å². The number of amides is 1. The van der Waals surface area contributed by atoms with Crippen LogP contribution in [0.1, 0.15) is 22.8 Å². The highest BCUT2D eigenvalue weighted by Gasteiger charge is 2.36. The monoisotopic (exact) mass is 327 g/mol. The van der Waals surface area contributed by atoms with Crippen molar-refractivity contribution in [3.05, 3.63) is 35.6 Å². The second kappa shape index (κ2) is 6.22. The zero-order chi connectivity index (χ0) is 16.7. The summed E-state index contributed by atoms with van der Waals surface area (Å²) < 4.78 is 5.58. The lowest BCUT2D eigenvalue weighted by atomic mass is 10.0. The molecule has 0 unspecified atom stereocenters. The molecular formula is C19H25N3O2. The molecule has 0 bridgehead atoms. The van der Waals surface area contributed by atoms with Gasteiger partial charge < -0.3 is 14.2 Å². The van der Waals surface area contributed by atoms with Gasteiger partial charge in [-0.2, -0.15) is 0 Å². The first-order chi connectivity index (χ1) is 11.7. The van der Waals surface area contributed by atoms with Crippen LogP contribution >= 0.6 is 0 Å². The second-order valence-corrected chi connectivity index (χ2v) is 7.04. The summed E-state index contributed by atoms with van der Waals surface area (Å²) in [5.41, 5.74) is 2.74. The average molecular weight is 327 g/mol. The summed E-state index contributed by atoms with van der Waals surface area (Å²) >= 11 is 0. The molecular weight excluding hydrogens is 302 g/mol. The summed E-state index contributed by atoms with van der Waals surface area (Å²) in [5, 5.41) is 0.947. The molecule has 1 aromatic carbocycles. The zero-order valence-electron chi connectivity index (χ0n) is 14.5. The molecule has 24 heavy (non-hydrogen) atoms. The summed E-state index contributed by atoms with van der Waals surface area (Å²) in [6.45, 7) is 8.26. The van der Waals surface area contributed by atoms with Gasteiger partial charge >= 0.3 is 0 Å². The number of furan rings is 1. The highest BCUT2D eigenvalue weighted by molar-refractivity contribution is 6.06. The maximum Gasteiger partial charge on any atom is 0.257 e. The molecule has 128 valence electrons. The van der Waals surface area contributed by atoms with E-state index in [-0.39, 0.29) is 5.91 Å². The standard InChI is InChI=1S/C19H25N3O2/c1-3-14-4-5-18-16(10-14)17(13-24-18)19(23)22-11-15(12-22)21-8-6-20(2)7-9-21/h4-5,10,13,15H,3,6-9,11-12H2,1-2H3. The number of rotatable bonds is 3. The third-order valence-corrected chi connectivity index (χ3v) is 5.48. The van der Waals surface area contributed by atoms with Crippen LogP contribution in [0.15, 0.2) is 28.9 Å². The molecule has 5 nitrogen and oxygen atoms in total. The third kappa shape index (κ3) is 2.72. The molecule has 0 aliphatic carbocycles. The molecule has 3 heterocycles. The third-order valence-electron chi connectivity index (χ3n) is 5.48. The Hall–Kier alpha value is -1.85. The molecule has 0 saturated carbocycles. The van der Waals surface area contributed by atoms with Crippen LogP contribution in [-0.2, 0) is 6.42 Å². The fourth-order valence-electron chi connectivity index (χ4n) is 3.67. The first kappa shape index (κ1) is 15.7. The molecule has 2 fully saturated rings. The lowest BCUT2D eigenvalue weighted by Gasteiger charge is -2.47. The Bertz CT molecular complexity index is 740. The van der Waals surface area contributed by atoms with Gasteiger partial charge in [-0.1, -0.05) is 13.0 Å². The van der Waals surface area contributed by atoms with Crippen LogP contribution in [0.5, 0.6) is 0 Å². The van der Waals surface area contributed by atoms with Gasteiger partial charge in [0.05, 0.1) is 5.56 Å². The second-order valence-electron chi connectivity index (χ2n) is 7.04. The lowest BCUT2D eigenvalue weighted by molar-refractivity contribution is 0.0111. The number of hydrogen-bond acceptors (Lipinski definition) is 4. The van der Waals surface area contributed by atoms with Crippen LogP contribution in [-0.4, -0.2) is 73.0 Å². The number of likely N-dealkylation sites (N-methyl/N-ethyl adjacent to an activating group) is 1. The number of likely N-dealkylation sites (tertiary alicyclic amines) is 1. The van der Waals surface area contributed by atoms with Gasteiger partial charge in [0.25, 0.3) is 5.91 Å². The SMILES string of the molecule is CCc1ccc2occ(C(=O)N3CC(N4CCN(C)CC4)C3)c2c1. The van der Waals surface area contributed by atoms with Crippen molar-refractivity contribution in [2.24, 2.45) is 0 Å². The predicted molar refractivity (Wildman–Crippen MR) is 94.4 cm³/mol. The van der Waals surface area contributed by atoms with E-state index in [1.807, 2.05) is 11.0 Å². The first-order valence-electron chi connectivity index (χ1n) is 8.87. The highest BCUT2D eigenvalue weighted by atomic mass is 16.3. The van der Waals surface area contributed by atoms with Crippen LogP contribution in [0.25, 0.3) is 11.0 Å². The van der Waals surface area contributed by atoms with Gasteiger partial charge in [-0.15, -0.1) is 0 Å². The van der Waals surface area contributed by atoms with E-state index in [1.165, 1.54) is 5.56 Å². The van der Waals surface area contributed by atoms with Crippen LogP contribution in [0.4, 0.5) is 0 Å². The maximum atomic E-state index is 12.8. The van der Waals surface area contributed by atoms with E-state index in [4.69, 9.17) is 4.42 Å². The molecule has 4 rings (SSSR count). The van der Waals surface area contributed by atoms with Gasteiger partial charge in [-0.05, 0) is 31.2 Å². The zero-order valence-corrected chi connectivity index (χ0v) is 14.5. The molecule has 2 aliphatic rings. The topological polar surface area (TPSA) is 39.9 Å². The van der Waals surface area contributed by atoms with Crippen LogP contribution in [0.3, 0.4) is 0 Å². The van der Waals surface area contributed by atoms with Gasteiger partial charge in [-0.3, -0.25) is 9.69 Å². The first-order valence-corrected chi connectivity index (χ1v) is 8.87. The van der Waals surface area contributed by atoms with Gasteiger partial charge in [0.2, 0.25) is 0 Å². The number of fused-ring (bicyclic) bond motifs is 1. The summed E-state index contributed by atoms with van der Waals surface area (Å²) in [4.78, 5) is 19.7. The number of piperazine rings is 1. The lowest BCUT2D eigenvalue weighted by Crippen LogP contribution is -2.63. The Balaban J connectivity index is 1.44. The highest BCUT2D eigenvalue weighted by Crippen LogP contribution is 2.26. The van der Waals surface area contributed by atoms with Crippen molar-refractivity contribution in [1.82, 2.24) is 14.7 Å². The minimum absolute atomic E-state index is 0.104. The molecule has 2 aliphatic heterocycles. The molecule has 1 amide bonds. The molecule has 0 atom stereocenters. The fourth-order valence-corrected chi connectivity index (χ4v) is 3.67. The van der Waals surface area contributed by atoms with Crippen molar-refractivity contribution in [3.8, 4) is 0 Å². The minimum atomic E-state index is 0.104. The molecule has 0 N–H and O–H groups in total. The maximum absolute atomic E-state index is 12.8. The summed E-state index contributed by atoms with van der Waals surface area (Å²) in [6, 6.07) is 6.64. The predicted octanol–water partition coefficient (Wildman–Crippen LogP) is 2.07. The van der Waals surface area contributed by atoms with Gasteiger partial charge in [0.1, 0.15) is 11.8 Å². The van der Waals surface area contributed by atoms with Crippen molar-refractivity contribution in [2.45, 2.75) is 19.4 Å². The van der Waals surface area contributed by atoms with E-state index >= 15 is 0 Å². The smallest absolute Gasteiger partial charge is 0.257 e. The van der Waals surface area contributed by atoms with E-state index in [1.54, 1.807) is 6.26 Å². The number of nitrogens with zero attached hydrogens (tertiary/aromatic N) is 3. The van der Waals surface area contributed by atoms with Crippen molar-refractivity contribution in [1.29, 1.82) is 0 Å². The van der Waals surface area contributed by atoms with E-state index in [9.17, 15) is 4.79 Å². The van der Waals surface area contributed by atoms with Crippen LogP contribution in [0.2, 0.25) is 0 Å². The summed E-state index contributed by atoms with van der Waals surface area (Å²) in [5.74, 6) is 0.104. The normalized spacial score (nSPS) is 20.5. The van der Waals surface area contributed by atoms with Gasteiger partial charge in [0.15, 0.2) is 0 Å². The number of carbonyl (C=O) groups excluding carboxylic acids is 1. The van der Waals surface area contributed by atoms with Crippen molar-refractivity contribution >= 4 is 16.9 Å². The molecule has 2 aromatic rings. The Labute approximate surface area is 142 Å². The number of hydrogen-bond donors (Lipinski definition) is 0. The minimum Gasteiger partial charge on any atom is -0.463 e. The number of benzene rings is 1. The van der Waals surface area contributed by atoms with E-state index < -0.39 is 0 Å². The molecule has 0 radical (unpaired) electrons. The Morgan fingerprint density at radius 2 is 1.96 bits per heavy atom. The van der Waals surface area contributed by atoms with Crippen molar-refractivity contribution in [2.75, 3.05) is 46.3 Å². The number of aryl methyl sites for hydroxylation is 1.